The summed E-state index contributed by atoms with van der Waals surface area (Å²) in [6, 6.07) is 4.91. The third-order valence-electron chi connectivity index (χ3n) is 3.11. The first-order valence-electron chi connectivity index (χ1n) is 6.81. The second kappa shape index (κ2) is 8.00. The van der Waals surface area contributed by atoms with Crippen LogP contribution >= 0.6 is 0 Å². The minimum Gasteiger partial charge on any atom is -0.497 e. The largest absolute Gasteiger partial charge is 0.497 e. The lowest BCUT2D eigenvalue weighted by molar-refractivity contribution is -0.120. The summed E-state index contributed by atoms with van der Waals surface area (Å²) in [6.07, 6.45) is 0. The maximum absolute atomic E-state index is 11.8. The predicted molar refractivity (Wildman–Crippen MR) is 83.6 cm³/mol. The number of sulfonamides is 1. The van der Waals surface area contributed by atoms with Gasteiger partial charge < -0.3 is 14.8 Å². The molecular formula is C14H22N2O5S. The zero-order valence-corrected chi connectivity index (χ0v) is 14.0. The van der Waals surface area contributed by atoms with Crippen molar-refractivity contribution in [3.8, 4) is 11.5 Å². The highest BCUT2D eigenvalue weighted by atomic mass is 32.2. The first kappa shape index (κ1) is 18.2. The third-order valence-corrected chi connectivity index (χ3v) is 4.46. The smallest absolute Gasteiger partial charge is 0.235 e. The van der Waals surface area contributed by atoms with Crippen molar-refractivity contribution >= 4 is 15.9 Å². The van der Waals surface area contributed by atoms with Crippen molar-refractivity contribution in [2.45, 2.75) is 19.9 Å². The normalized spacial score (nSPS) is 12.5. The molecule has 1 unspecified atom stereocenters. The second-order valence-corrected chi connectivity index (χ2v) is 6.72. The number of amides is 1. The van der Waals surface area contributed by atoms with Gasteiger partial charge in [-0.3, -0.25) is 4.79 Å². The topological polar surface area (TPSA) is 93.7 Å². The SMILES string of the molecule is CCS(=O)(=O)NCC(=O)NC(C)c1cc(OC)ccc1OC. The van der Waals surface area contributed by atoms with E-state index in [1.54, 1.807) is 32.2 Å². The van der Waals surface area contributed by atoms with Gasteiger partial charge in [0, 0.05) is 5.56 Å². The highest BCUT2D eigenvalue weighted by molar-refractivity contribution is 7.89. The van der Waals surface area contributed by atoms with Gasteiger partial charge in [0.2, 0.25) is 15.9 Å². The van der Waals surface area contributed by atoms with Gasteiger partial charge in [0.15, 0.2) is 0 Å². The number of hydrogen-bond acceptors (Lipinski definition) is 5. The molecule has 1 aromatic carbocycles. The van der Waals surface area contributed by atoms with Gasteiger partial charge in [-0.2, -0.15) is 0 Å². The van der Waals surface area contributed by atoms with E-state index in [1.807, 2.05) is 0 Å². The molecule has 0 fully saturated rings. The van der Waals surface area contributed by atoms with E-state index in [4.69, 9.17) is 9.47 Å². The third kappa shape index (κ3) is 5.19. The summed E-state index contributed by atoms with van der Waals surface area (Å²) in [5.41, 5.74) is 0.744. The molecule has 8 heteroatoms. The van der Waals surface area contributed by atoms with E-state index in [0.717, 1.165) is 5.56 Å². The lowest BCUT2D eigenvalue weighted by Gasteiger charge is -2.18. The summed E-state index contributed by atoms with van der Waals surface area (Å²) in [7, 11) is -0.307. The molecule has 2 N–H and O–H groups in total. The van der Waals surface area contributed by atoms with Crippen molar-refractivity contribution in [2.24, 2.45) is 0 Å². The highest BCUT2D eigenvalue weighted by Crippen LogP contribution is 2.29. The Labute approximate surface area is 131 Å². The van der Waals surface area contributed by atoms with Crippen LogP contribution in [-0.2, 0) is 14.8 Å². The van der Waals surface area contributed by atoms with E-state index >= 15 is 0 Å². The van der Waals surface area contributed by atoms with Crippen LogP contribution in [-0.4, -0.2) is 40.8 Å². The van der Waals surface area contributed by atoms with Crippen molar-refractivity contribution in [1.29, 1.82) is 0 Å². The molecule has 1 rings (SSSR count). The zero-order valence-electron chi connectivity index (χ0n) is 13.2. The molecule has 1 atom stereocenters. The average molecular weight is 330 g/mol. The Kier molecular flexibility index (Phi) is 6.63. The van der Waals surface area contributed by atoms with E-state index in [-0.39, 0.29) is 18.3 Å². The first-order chi connectivity index (χ1) is 10.3. The standard InChI is InChI=1S/C14H22N2O5S/c1-5-22(18,19)15-9-14(17)16-10(2)12-8-11(20-3)6-7-13(12)21-4/h6-8,10,15H,5,9H2,1-4H3,(H,16,17). The van der Waals surface area contributed by atoms with Gasteiger partial charge in [-0.15, -0.1) is 0 Å². The number of benzene rings is 1. The van der Waals surface area contributed by atoms with Crippen molar-refractivity contribution in [3.63, 3.8) is 0 Å². The Hall–Kier alpha value is -1.80. The van der Waals surface area contributed by atoms with Crippen LogP contribution in [0, 0.1) is 0 Å². The predicted octanol–water partition coefficient (Wildman–Crippen LogP) is 0.820. The van der Waals surface area contributed by atoms with E-state index in [2.05, 4.69) is 10.0 Å². The molecule has 7 nitrogen and oxygen atoms in total. The second-order valence-electron chi connectivity index (χ2n) is 4.62. The minimum atomic E-state index is -3.39. The number of carbonyl (C=O) groups is 1. The van der Waals surface area contributed by atoms with Crippen molar-refractivity contribution < 1.29 is 22.7 Å². The van der Waals surface area contributed by atoms with E-state index in [1.165, 1.54) is 14.0 Å². The van der Waals surface area contributed by atoms with Crippen LogP contribution in [0.5, 0.6) is 11.5 Å². The van der Waals surface area contributed by atoms with Crippen LogP contribution in [0.4, 0.5) is 0 Å². The molecule has 1 aromatic rings. The van der Waals surface area contributed by atoms with Crippen molar-refractivity contribution in [3.05, 3.63) is 23.8 Å². The Morgan fingerprint density at radius 1 is 1.27 bits per heavy atom. The maximum atomic E-state index is 11.8. The van der Waals surface area contributed by atoms with Crippen LogP contribution in [0.1, 0.15) is 25.5 Å². The number of ether oxygens (including phenoxy) is 2. The molecule has 1 amide bonds. The van der Waals surface area contributed by atoms with Crippen LogP contribution in [0.25, 0.3) is 0 Å². The molecule has 0 heterocycles. The van der Waals surface area contributed by atoms with Gasteiger partial charge in [0.05, 0.1) is 32.6 Å². The number of carbonyl (C=O) groups excluding carboxylic acids is 1. The quantitative estimate of drug-likeness (QED) is 0.736. The number of hydrogen-bond donors (Lipinski definition) is 2. The Balaban J connectivity index is 2.76. The Morgan fingerprint density at radius 2 is 1.95 bits per heavy atom. The summed E-state index contributed by atoms with van der Waals surface area (Å²) >= 11 is 0. The van der Waals surface area contributed by atoms with Gasteiger partial charge in [0.25, 0.3) is 0 Å². The van der Waals surface area contributed by atoms with E-state index < -0.39 is 15.9 Å². The Bertz CT molecular complexity index is 616. The van der Waals surface area contributed by atoms with Gasteiger partial charge in [-0.05, 0) is 32.0 Å². The summed E-state index contributed by atoms with van der Waals surface area (Å²) in [5, 5.41) is 2.72. The van der Waals surface area contributed by atoms with Gasteiger partial charge >= 0.3 is 0 Å². The summed E-state index contributed by atoms with van der Waals surface area (Å²) in [4.78, 5) is 11.8. The highest BCUT2D eigenvalue weighted by Gasteiger charge is 2.16. The van der Waals surface area contributed by atoms with Crippen LogP contribution in [0.3, 0.4) is 0 Å². The molecule has 0 aliphatic heterocycles. The van der Waals surface area contributed by atoms with Crippen molar-refractivity contribution in [1.82, 2.24) is 10.0 Å². The van der Waals surface area contributed by atoms with Crippen LogP contribution in [0.2, 0.25) is 0 Å². The number of rotatable bonds is 8. The molecule has 0 aromatic heterocycles. The molecule has 0 bridgehead atoms. The molecular weight excluding hydrogens is 308 g/mol. The first-order valence-corrected chi connectivity index (χ1v) is 8.46. The van der Waals surface area contributed by atoms with Crippen LogP contribution in [0.15, 0.2) is 18.2 Å². The zero-order chi connectivity index (χ0) is 16.8. The molecule has 0 aliphatic rings. The van der Waals surface area contributed by atoms with E-state index in [0.29, 0.717) is 11.5 Å². The summed E-state index contributed by atoms with van der Waals surface area (Å²) < 4.78 is 35.3. The van der Waals surface area contributed by atoms with Gasteiger partial charge in [0.1, 0.15) is 11.5 Å². The molecule has 22 heavy (non-hydrogen) atoms. The maximum Gasteiger partial charge on any atom is 0.235 e. The summed E-state index contributed by atoms with van der Waals surface area (Å²) in [6.45, 7) is 2.99. The fourth-order valence-electron chi connectivity index (χ4n) is 1.83. The fraction of sp³-hybridized carbons (Fsp3) is 0.500. The fourth-order valence-corrected chi connectivity index (χ4v) is 2.38. The Morgan fingerprint density at radius 3 is 2.50 bits per heavy atom. The van der Waals surface area contributed by atoms with Gasteiger partial charge in [-0.1, -0.05) is 0 Å². The number of methoxy groups -OCH3 is 2. The van der Waals surface area contributed by atoms with Gasteiger partial charge in [-0.25, -0.2) is 13.1 Å². The van der Waals surface area contributed by atoms with E-state index in [9.17, 15) is 13.2 Å². The molecule has 0 radical (unpaired) electrons. The number of nitrogens with one attached hydrogen (secondary N) is 2. The molecule has 0 saturated heterocycles. The summed E-state index contributed by atoms with van der Waals surface area (Å²) in [5.74, 6) is 0.764. The molecule has 0 aliphatic carbocycles. The monoisotopic (exact) mass is 330 g/mol. The molecule has 0 saturated carbocycles. The van der Waals surface area contributed by atoms with Crippen molar-refractivity contribution in [2.75, 3.05) is 26.5 Å². The molecule has 124 valence electrons. The lowest BCUT2D eigenvalue weighted by Crippen LogP contribution is -2.38. The lowest BCUT2D eigenvalue weighted by atomic mass is 10.1. The van der Waals surface area contributed by atoms with Crippen LogP contribution < -0.4 is 19.5 Å². The minimum absolute atomic E-state index is 0.0699. The average Bonchev–Trinajstić information content (AvgIpc) is 2.52. The molecule has 0 spiro atoms.